The lowest BCUT2D eigenvalue weighted by Crippen LogP contribution is -2.54. The van der Waals surface area contributed by atoms with Crippen molar-refractivity contribution in [3.63, 3.8) is 0 Å². The maximum Gasteiger partial charge on any atom is 0.220 e. The van der Waals surface area contributed by atoms with Crippen LogP contribution in [-0.4, -0.2) is 75.1 Å². The fourth-order valence-corrected chi connectivity index (χ4v) is 4.82. The van der Waals surface area contributed by atoms with E-state index < -0.39 is 10.0 Å². The predicted octanol–water partition coefficient (Wildman–Crippen LogP) is 1.69. The van der Waals surface area contributed by atoms with Gasteiger partial charge in [0.2, 0.25) is 10.0 Å². The van der Waals surface area contributed by atoms with Crippen molar-refractivity contribution < 1.29 is 17.7 Å². The maximum atomic E-state index is 12.6. The van der Waals surface area contributed by atoms with Crippen LogP contribution < -0.4 is 5.32 Å². The summed E-state index contributed by atoms with van der Waals surface area (Å²) >= 11 is 0. The van der Waals surface area contributed by atoms with Gasteiger partial charge in [0.1, 0.15) is 12.0 Å². The van der Waals surface area contributed by atoms with Crippen LogP contribution in [0.5, 0.6) is 0 Å². The Hall–Kier alpha value is -2.43. The van der Waals surface area contributed by atoms with Crippen LogP contribution in [0.25, 0.3) is 0 Å². The van der Waals surface area contributed by atoms with Crippen molar-refractivity contribution >= 4 is 16.0 Å². The first-order valence-electron chi connectivity index (χ1n) is 10.5. The van der Waals surface area contributed by atoms with Gasteiger partial charge in [-0.1, -0.05) is 35.5 Å². The first-order chi connectivity index (χ1) is 15.1. The van der Waals surface area contributed by atoms with Crippen LogP contribution in [0.15, 0.2) is 52.2 Å². The summed E-state index contributed by atoms with van der Waals surface area (Å²) in [7, 11) is -1.65. The number of guanidine groups is 1. The molecule has 3 rings (SSSR count). The molecule has 0 radical (unpaired) electrons. The minimum Gasteiger partial charge on any atom is -0.377 e. The second kappa shape index (κ2) is 11.8. The van der Waals surface area contributed by atoms with Crippen molar-refractivity contribution in [1.82, 2.24) is 19.7 Å². The van der Waals surface area contributed by atoms with E-state index in [0.29, 0.717) is 38.5 Å². The Balaban J connectivity index is 1.32. The molecule has 10 heteroatoms. The largest absolute Gasteiger partial charge is 0.377 e. The molecule has 9 nitrogen and oxygen atoms in total. The fraction of sp³-hybridized carbons (Fsp3) is 0.524. The number of ether oxygens (including phenoxy) is 1. The SMILES string of the molecule is CN=C(NCCCCOCc1ccccc1)N1CCN(S(=O)(=O)Cc2ccon2)CC1. The van der Waals surface area contributed by atoms with E-state index in [1.165, 1.54) is 16.1 Å². The number of nitrogens with zero attached hydrogens (tertiary/aromatic N) is 4. The van der Waals surface area contributed by atoms with Gasteiger partial charge in [0.25, 0.3) is 0 Å². The standard InChI is InChI=1S/C21H31N5O4S/c1-22-21(23-10-5-6-15-29-17-19-7-3-2-4-8-19)25-11-13-26(14-12-25)31(27,28)18-20-9-16-30-24-20/h2-4,7-9,16H,5-6,10-15,17-18H2,1H3,(H,22,23). The van der Waals surface area contributed by atoms with Crippen LogP contribution in [0.3, 0.4) is 0 Å². The summed E-state index contributed by atoms with van der Waals surface area (Å²) in [4.78, 5) is 6.43. The van der Waals surface area contributed by atoms with Gasteiger partial charge in [0, 0.05) is 52.4 Å². The molecule has 170 valence electrons. The number of benzene rings is 1. The van der Waals surface area contributed by atoms with Crippen LogP contribution in [0.4, 0.5) is 0 Å². The van der Waals surface area contributed by atoms with E-state index in [9.17, 15) is 8.42 Å². The van der Waals surface area contributed by atoms with Crippen LogP contribution in [-0.2, 0) is 27.1 Å². The Bertz CT molecular complexity index is 895. The van der Waals surface area contributed by atoms with E-state index in [1.54, 1.807) is 13.1 Å². The zero-order valence-corrected chi connectivity index (χ0v) is 18.8. The Kier molecular flexibility index (Phi) is 8.86. The van der Waals surface area contributed by atoms with Crippen molar-refractivity contribution in [2.75, 3.05) is 46.4 Å². The van der Waals surface area contributed by atoms with E-state index >= 15 is 0 Å². The average Bonchev–Trinajstić information content (AvgIpc) is 3.29. The molecule has 1 aromatic carbocycles. The minimum absolute atomic E-state index is 0.136. The second-order valence-electron chi connectivity index (χ2n) is 7.35. The maximum absolute atomic E-state index is 12.6. The third-order valence-electron chi connectivity index (χ3n) is 5.08. The number of aromatic nitrogens is 1. The predicted molar refractivity (Wildman–Crippen MR) is 119 cm³/mol. The summed E-state index contributed by atoms with van der Waals surface area (Å²) in [5, 5.41) is 7.07. The third-order valence-corrected chi connectivity index (χ3v) is 6.89. The Morgan fingerprint density at radius 1 is 1.16 bits per heavy atom. The van der Waals surface area contributed by atoms with Gasteiger partial charge in [0.05, 0.1) is 12.3 Å². The molecule has 1 aromatic heterocycles. The lowest BCUT2D eigenvalue weighted by Gasteiger charge is -2.35. The van der Waals surface area contributed by atoms with Gasteiger partial charge in [-0.05, 0) is 18.4 Å². The molecular formula is C21H31N5O4S. The average molecular weight is 450 g/mol. The molecular weight excluding hydrogens is 418 g/mol. The quantitative estimate of drug-likeness (QED) is 0.335. The van der Waals surface area contributed by atoms with Crippen molar-refractivity contribution in [3.8, 4) is 0 Å². The minimum atomic E-state index is -3.40. The topological polar surface area (TPSA) is 100 Å². The molecule has 31 heavy (non-hydrogen) atoms. The van der Waals surface area contributed by atoms with E-state index in [1.807, 2.05) is 18.2 Å². The number of piperazine rings is 1. The van der Waals surface area contributed by atoms with Gasteiger partial charge in [-0.2, -0.15) is 4.31 Å². The first kappa shape index (κ1) is 23.2. The lowest BCUT2D eigenvalue weighted by atomic mass is 10.2. The number of sulfonamides is 1. The highest BCUT2D eigenvalue weighted by Gasteiger charge is 2.28. The van der Waals surface area contributed by atoms with E-state index in [2.05, 4.69) is 32.5 Å². The van der Waals surface area contributed by atoms with Crippen molar-refractivity contribution in [1.29, 1.82) is 0 Å². The number of rotatable bonds is 10. The molecule has 1 aliphatic heterocycles. The van der Waals surface area contributed by atoms with E-state index in [-0.39, 0.29) is 5.75 Å². The first-order valence-corrected chi connectivity index (χ1v) is 12.1. The zero-order chi connectivity index (χ0) is 21.9. The fourth-order valence-electron chi connectivity index (χ4n) is 3.39. The highest BCUT2D eigenvalue weighted by atomic mass is 32.2. The third kappa shape index (κ3) is 7.34. The van der Waals surface area contributed by atoms with Crippen molar-refractivity contribution in [2.45, 2.75) is 25.2 Å². The summed E-state index contributed by atoms with van der Waals surface area (Å²) in [5.74, 6) is 0.668. The second-order valence-corrected chi connectivity index (χ2v) is 9.32. The lowest BCUT2D eigenvalue weighted by molar-refractivity contribution is 0.117. The van der Waals surface area contributed by atoms with Crippen LogP contribution >= 0.6 is 0 Å². The Morgan fingerprint density at radius 3 is 2.61 bits per heavy atom. The molecule has 1 aliphatic rings. The normalized spacial score (nSPS) is 15.9. The van der Waals surface area contributed by atoms with Gasteiger partial charge in [-0.15, -0.1) is 0 Å². The molecule has 0 bridgehead atoms. The van der Waals surface area contributed by atoms with Crippen LogP contribution in [0, 0.1) is 0 Å². The smallest absolute Gasteiger partial charge is 0.220 e. The van der Waals surface area contributed by atoms with E-state index in [4.69, 9.17) is 9.26 Å². The zero-order valence-electron chi connectivity index (χ0n) is 17.9. The molecule has 0 amide bonds. The summed E-state index contributed by atoms with van der Waals surface area (Å²) < 4.78 is 37.1. The van der Waals surface area contributed by atoms with E-state index in [0.717, 1.165) is 32.0 Å². The summed E-state index contributed by atoms with van der Waals surface area (Å²) in [5.41, 5.74) is 1.61. The van der Waals surface area contributed by atoms with Crippen molar-refractivity contribution in [2.24, 2.45) is 4.99 Å². The van der Waals surface area contributed by atoms with Gasteiger partial charge in [-0.3, -0.25) is 4.99 Å². The van der Waals surface area contributed by atoms with Gasteiger partial charge < -0.3 is 19.5 Å². The molecule has 0 saturated carbocycles. The summed E-state index contributed by atoms with van der Waals surface area (Å²) in [6.45, 7) is 4.20. The summed E-state index contributed by atoms with van der Waals surface area (Å²) in [6, 6.07) is 11.7. The number of aliphatic imine (C=N–C) groups is 1. The highest BCUT2D eigenvalue weighted by Crippen LogP contribution is 2.13. The highest BCUT2D eigenvalue weighted by molar-refractivity contribution is 7.88. The number of unbranched alkanes of at least 4 members (excludes halogenated alkanes) is 1. The van der Waals surface area contributed by atoms with Gasteiger partial charge in [0.15, 0.2) is 5.96 Å². The summed E-state index contributed by atoms with van der Waals surface area (Å²) in [6.07, 6.45) is 3.32. The van der Waals surface area contributed by atoms with Crippen molar-refractivity contribution in [3.05, 3.63) is 53.9 Å². The van der Waals surface area contributed by atoms with Gasteiger partial charge in [-0.25, -0.2) is 8.42 Å². The monoisotopic (exact) mass is 449 g/mol. The number of nitrogens with one attached hydrogen (secondary N) is 1. The molecule has 1 N–H and O–H groups in total. The van der Waals surface area contributed by atoms with Crippen LogP contribution in [0.1, 0.15) is 24.1 Å². The molecule has 2 aromatic rings. The van der Waals surface area contributed by atoms with Gasteiger partial charge >= 0.3 is 0 Å². The molecule has 2 heterocycles. The molecule has 1 fully saturated rings. The molecule has 0 spiro atoms. The molecule has 0 aliphatic carbocycles. The number of hydrogen-bond acceptors (Lipinski definition) is 6. The van der Waals surface area contributed by atoms with Crippen LogP contribution in [0.2, 0.25) is 0 Å². The molecule has 0 atom stereocenters. The molecule has 0 unspecified atom stereocenters. The Labute approximate surface area is 184 Å². The Morgan fingerprint density at radius 2 is 1.94 bits per heavy atom. The number of hydrogen-bond donors (Lipinski definition) is 1. The molecule has 1 saturated heterocycles.